The van der Waals surface area contributed by atoms with Crippen LogP contribution in [0.1, 0.15) is 10.4 Å². The molecule has 1 aliphatic heterocycles. The van der Waals surface area contributed by atoms with E-state index in [0.29, 0.717) is 28.1 Å². The number of ether oxygens (including phenoxy) is 2. The van der Waals surface area contributed by atoms with E-state index in [1.54, 1.807) is 38.1 Å². The lowest BCUT2D eigenvalue weighted by atomic mass is 10.1. The molecular weight excluding hydrogens is 378 g/mol. The molecule has 1 aliphatic rings. The Kier molecular flexibility index (Phi) is 4.82. The van der Waals surface area contributed by atoms with Gasteiger partial charge in [-0.05, 0) is 40.2 Å². The lowest BCUT2D eigenvalue weighted by molar-refractivity contribution is 0.0987. The van der Waals surface area contributed by atoms with Crippen LogP contribution in [0, 0.1) is 0 Å². The van der Waals surface area contributed by atoms with Crippen molar-refractivity contribution in [3.8, 4) is 11.5 Å². The number of anilines is 1. The summed E-state index contributed by atoms with van der Waals surface area (Å²) in [6.07, 6.45) is 0. The fourth-order valence-electron chi connectivity index (χ4n) is 2.53. The van der Waals surface area contributed by atoms with Crippen LogP contribution in [0.4, 0.5) is 5.69 Å². The quantitative estimate of drug-likeness (QED) is 0.782. The molecule has 2 aromatic carbocycles. The number of hydrogen-bond donors (Lipinski definition) is 0. The van der Waals surface area contributed by atoms with Gasteiger partial charge in [-0.25, -0.2) is 0 Å². The predicted octanol–water partition coefficient (Wildman–Crippen LogP) is 4.22. The summed E-state index contributed by atoms with van der Waals surface area (Å²) in [6, 6.07) is 11.4. The molecular formula is C17H16BrNO3S. The number of thioether (sulfide) groups is 1. The fourth-order valence-corrected chi connectivity index (χ4v) is 4.08. The number of carbonyl (C=O) groups is 1. The largest absolute Gasteiger partial charge is 0.495 e. The Balaban J connectivity index is 2.02. The first kappa shape index (κ1) is 16.2. The number of fused-ring (bicyclic) bond motifs is 1. The molecule has 0 N–H and O–H groups in total. The van der Waals surface area contributed by atoms with Crippen molar-refractivity contribution < 1.29 is 14.3 Å². The summed E-state index contributed by atoms with van der Waals surface area (Å²) in [6.45, 7) is 0.682. The van der Waals surface area contributed by atoms with Gasteiger partial charge in [-0.2, -0.15) is 0 Å². The van der Waals surface area contributed by atoms with Crippen molar-refractivity contribution in [2.24, 2.45) is 0 Å². The highest BCUT2D eigenvalue weighted by atomic mass is 79.9. The predicted molar refractivity (Wildman–Crippen MR) is 96.1 cm³/mol. The Morgan fingerprint density at radius 1 is 1.17 bits per heavy atom. The minimum atomic E-state index is -0.0538. The van der Waals surface area contributed by atoms with Crippen LogP contribution in [0.3, 0.4) is 0 Å². The van der Waals surface area contributed by atoms with Gasteiger partial charge in [0.1, 0.15) is 16.0 Å². The summed E-state index contributed by atoms with van der Waals surface area (Å²) in [4.78, 5) is 15.9. The van der Waals surface area contributed by atoms with Gasteiger partial charge in [0, 0.05) is 22.8 Å². The van der Waals surface area contributed by atoms with Crippen molar-refractivity contribution in [2.45, 2.75) is 4.90 Å². The first-order chi connectivity index (χ1) is 11.2. The highest BCUT2D eigenvalue weighted by Gasteiger charge is 2.25. The second-order valence-corrected chi connectivity index (χ2v) is 6.90. The highest BCUT2D eigenvalue weighted by molar-refractivity contribution is 9.10. The van der Waals surface area contributed by atoms with Crippen molar-refractivity contribution in [3.63, 3.8) is 0 Å². The van der Waals surface area contributed by atoms with E-state index in [4.69, 9.17) is 9.47 Å². The summed E-state index contributed by atoms with van der Waals surface area (Å²) in [5.41, 5.74) is 1.50. The first-order valence-corrected chi connectivity index (χ1v) is 8.88. The van der Waals surface area contributed by atoms with Gasteiger partial charge in [0.15, 0.2) is 0 Å². The number of para-hydroxylation sites is 1. The van der Waals surface area contributed by atoms with Crippen LogP contribution in [-0.2, 0) is 0 Å². The molecule has 0 radical (unpaired) electrons. The van der Waals surface area contributed by atoms with Crippen molar-refractivity contribution in [3.05, 3.63) is 46.4 Å². The molecule has 0 fully saturated rings. The third-order valence-electron chi connectivity index (χ3n) is 3.67. The van der Waals surface area contributed by atoms with E-state index in [0.717, 1.165) is 16.3 Å². The third-order valence-corrected chi connectivity index (χ3v) is 5.49. The maximum Gasteiger partial charge on any atom is 0.258 e. The minimum Gasteiger partial charge on any atom is -0.495 e. The fraction of sp³-hybridized carbons (Fsp3) is 0.235. The van der Waals surface area contributed by atoms with Crippen LogP contribution in [0.2, 0.25) is 0 Å². The van der Waals surface area contributed by atoms with Crippen molar-refractivity contribution in [1.82, 2.24) is 0 Å². The van der Waals surface area contributed by atoms with Crippen LogP contribution in [-0.4, -0.2) is 32.4 Å². The standard InChI is InChI=1S/C17H16BrNO3S/c1-21-13-9-11(10-14(22-2)16(13)18)17(20)19-7-8-23-15-6-4-3-5-12(15)19/h3-6,9-10H,7-8H2,1-2H3. The zero-order valence-electron chi connectivity index (χ0n) is 12.8. The van der Waals surface area contributed by atoms with Gasteiger partial charge in [-0.15, -0.1) is 11.8 Å². The SMILES string of the molecule is COc1cc(C(=O)N2CCSc3ccccc32)cc(OC)c1Br. The topological polar surface area (TPSA) is 38.8 Å². The Bertz CT molecular complexity index is 725. The molecule has 1 amide bonds. The zero-order chi connectivity index (χ0) is 16.4. The van der Waals surface area contributed by atoms with Crippen LogP contribution in [0.25, 0.3) is 0 Å². The second-order valence-electron chi connectivity index (χ2n) is 4.97. The molecule has 120 valence electrons. The molecule has 0 saturated carbocycles. The van der Waals surface area contributed by atoms with E-state index in [-0.39, 0.29) is 5.91 Å². The molecule has 2 aromatic rings. The lowest BCUT2D eigenvalue weighted by Gasteiger charge is -2.29. The average molecular weight is 394 g/mol. The number of hydrogen-bond acceptors (Lipinski definition) is 4. The smallest absolute Gasteiger partial charge is 0.258 e. The van der Waals surface area contributed by atoms with Crippen LogP contribution >= 0.6 is 27.7 Å². The Labute approximate surface area is 147 Å². The Morgan fingerprint density at radius 2 is 1.83 bits per heavy atom. The van der Waals surface area contributed by atoms with E-state index in [2.05, 4.69) is 15.9 Å². The molecule has 0 aliphatic carbocycles. The normalized spacial score (nSPS) is 13.4. The van der Waals surface area contributed by atoms with Gasteiger partial charge in [0.25, 0.3) is 5.91 Å². The maximum absolute atomic E-state index is 13.0. The molecule has 0 aromatic heterocycles. The molecule has 0 atom stereocenters. The number of benzene rings is 2. The summed E-state index contributed by atoms with van der Waals surface area (Å²) >= 11 is 5.20. The molecule has 3 rings (SSSR count). The van der Waals surface area contributed by atoms with Gasteiger partial charge in [-0.3, -0.25) is 4.79 Å². The summed E-state index contributed by atoms with van der Waals surface area (Å²) in [5.74, 6) is 1.98. The van der Waals surface area contributed by atoms with E-state index in [1.165, 1.54) is 0 Å². The Morgan fingerprint density at radius 3 is 2.48 bits per heavy atom. The monoisotopic (exact) mass is 393 g/mol. The average Bonchev–Trinajstić information content (AvgIpc) is 2.60. The number of carbonyl (C=O) groups excluding carboxylic acids is 1. The van der Waals surface area contributed by atoms with E-state index < -0.39 is 0 Å². The van der Waals surface area contributed by atoms with Crippen LogP contribution in [0.5, 0.6) is 11.5 Å². The number of halogens is 1. The zero-order valence-corrected chi connectivity index (χ0v) is 15.2. The van der Waals surface area contributed by atoms with Gasteiger partial charge in [0.2, 0.25) is 0 Å². The lowest BCUT2D eigenvalue weighted by Crippen LogP contribution is -2.35. The summed E-state index contributed by atoms with van der Waals surface area (Å²) < 4.78 is 11.4. The Hall–Kier alpha value is -1.66. The molecule has 4 nitrogen and oxygen atoms in total. The van der Waals surface area contributed by atoms with E-state index >= 15 is 0 Å². The molecule has 0 bridgehead atoms. The second kappa shape index (κ2) is 6.84. The summed E-state index contributed by atoms with van der Waals surface area (Å²) in [7, 11) is 3.14. The number of rotatable bonds is 3. The van der Waals surface area contributed by atoms with Crippen LogP contribution in [0.15, 0.2) is 45.8 Å². The molecule has 1 heterocycles. The number of methoxy groups -OCH3 is 2. The minimum absolute atomic E-state index is 0.0538. The molecule has 0 saturated heterocycles. The first-order valence-electron chi connectivity index (χ1n) is 7.11. The number of nitrogens with zero attached hydrogens (tertiary/aromatic N) is 1. The molecule has 0 spiro atoms. The van der Waals surface area contributed by atoms with E-state index in [9.17, 15) is 4.79 Å². The van der Waals surface area contributed by atoms with Gasteiger partial charge in [0.05, 0.1) is 19.9 Å². The molecule has 6 heteroatoms. The van der Waals surface area contributed by atoms with E-state index in [1.807, 2.05) is 29.2 Å². The van der Waals surface area contributed by atoms with Crippen molar-refractivity contribution in [1.29, 1.82) is 0 Å². The molecule has 0 unspecified atom stereocenters. The third kappa shape index (κ3) is 3.05. The summed E-state index contributed by atoms with van der Waals surface area (Å²) in [5, 5.41) is 0. The number of amides is 1. The van der Waals surface area contributed by atoms with Crippen molar-refractivity contribution >= 4 is 39.3 Å². The molecule has 23 heavy (non-hydrogen) atoms. The maximum atomic E-state index is 13.0. The van der Waals surface area contributed by atoms with Gasteiger partial charge < -0.3 is 14.4 Å². The van der Waals surface area contributed by atoms with Gasteiger partial charge >= 0.3 is 0 Å². The van der Waals surface area contributed by atoms with Crippen LogP contribution < -0.4 is 14.4 Å². The highest BCUT2D eigenvalue weighted by Crippen LogP contribution is 2.38. The van der Waals surface area contributed by atoms with Crippen molar-refractivity contribution in [2.75, 3.05) is 31.4 Å². The van der Waals surface area contributed by atoms with Gasteiger partial charge in [-0.1, -0.05) is 12.1 Å².